The first-order chi connectivity index (χ1) is 10.2. The van der Waals surface area contributed by atoms with Crippen molar-refractivity contribution in [3.63, 3.8) is 0 Å². The standard InChI is InChI=1S/C18H19NO2/c1-11-13(8-9-21-11)18(20)12-6-7-17-15(10-12)14-4-2-3-5-16(14)19-17/h2-7,10-11,13,18-20H,8-9H2,1H3. The Bertz CT molecular complexity index is 792. The molecule has 0 spiro atoms. The van der Waals surface area contributed by atoms with E-state index in [-0.39, 0.29) is 12.0 Å². The Labute approximate surface area is 123 Å². The fraction of sp³-hybridized carbons (Fsp3) is 0.333. The van der Waals surface area contributed by atoms with Gasteiger partial charge >= 0.3 is 0 Å². The van der Waals surface area contributed by atoms with Crippen molar-refractivity contribution < 1.29 is 9.84 Å². The van der Waals surface area contributed by atoms with Crippen molar-refractivity contribution in [2.75, 3.05) is 6.61 Å². The second kappa shape index (κ2) is 4.86. The molecule has 4 rings (SSSR count). The van der Waals surface area contributed by atoms with Gasteiger partial charge in [0.25, 0.3) is 0 Å². The van der Waals surface area contributed by atoms with Gasteiger partial charge in [-0.15, -0.1) is 0 Å². The zero-order valence-electron chi connectivity index (χ0n) is 12.0. The molecule has 3 heteroatoms. The SMILES string of the molecule is CC1OCCC1C(O)c1ccc2[nH]c3ccccc3c2c1. The Kier molecular flexibility index (Phi) is 2.98. The van der Waals surface area contributed by atoms with E-state index in [0.29, 0.717) is 0 Å². The van der Waals surface area contributed by atoms with Crippen molar-refractivity contribution in [3.8, 4) is 0 Å². The van der Waals surface area contributed by atoms with E-state index in [0.717, 1.165) is 29.6 Å². The Morgan fingerprint density at radius 1 is 1.14 bits per heavy atom. The average molecular weight is 281 g/mol. The number of benzene rings is 2. The molecule has 3 atom stereocenters. The predicted octanol–water partition coefficient (Wildman–Crippen LogP) is 3.78. The Hall–Kier alpha value is -1.84. The predicted molar refractivity (Wildman–Crippen MR) is 84.3 cm³/mol. The van der Waals surface area contributed by atoms with Gasteiger partial charge in [-0.1, -0.05) is 24.3 Å². The van der Waals surface area contributed by atoms with E-state index in [1.54, 1.807) is 0 Å². The number of para-hydroxylation sites is 1. The summed E-state index contributed by atoms with van der Waals surface area (Å²) in [4.78, 5) is 3.42. The molecule has 1 aromatic heterocycles. The summed E-state index contributed by atoms with van der Waals surface area (Å²) in [7, 11) is 0. The molecule has 1 fully saturated rings. The summed E-state index contributed by atoms with van der Waals surface area (Å²) in [6.45, 7) is 2.79. The highest BCUT2D eigenvalue weighted by Crippen LogP contribution is 2.35. The van der Waals surface area contributed by atoms with Crippen molar-refractivity contribution in [1.29, 1.82) is 0 Å². The van der Waals surface area contributed by atoms with Crippen LogP contribution in [0.2, 0.25) is 0 Å². The zero-order valence-corrected chi connectivity index (χ0v) is 12.0. The van der Waals surface area contributed by atoms with E-state index in [9.17, 15) is 5.11 Å². The van der Waals surface area contributed by atoms with Gasteiger partial charge in [-0.3, -0.25) is 0 Å². The summed E-state index contributed by atoms with van der Waals surface area (Å²) in [5.41, 5.74) is 3.23. The van der Waals surface area contributed by atoms with E-state index in [4.69, 9.17) is 4.74 Å². The molecule has 3 nitrogen and oxygen atoms in total. The highest BCUT2D eigenvalue weighted by Gasteiger charge is 2.31. The van der Waals surface area contributed by atoms with E-state index >= 15 is 0 Å². The van der Waals surface area contributed by atoms with Crippen molar-refractivity contribution in [1.82, 2.24) is 4.98 Å². The Morgan fingerprint density at radius 2 is 1.95 bits per heavy atom. The number of fused-ring (bicyclic) bond motifs is 3. The van der Waals surface area contributed by atoms with Crippen LogP contribution in [0.15, 0.2) is 42.5 Å². The summed E-state index contributed by atoms with van der Waals surface area (Å²) in [5.74, 6) is 0.188. The molecule has 0 radical (unpaired) electrons. The van der Waals surface area contributed by atoms with Gasteiger partial charge in [0.2, 0.25) is 0 Å². The molecule has 3 unspecified atom stereocenters. The van der Waals surface area contributed by atoms with Crippen molar-refractivity contribution in [2.24, 2.45) is 5.92 Å². The fourth-order valence-electron chi connectivity index (χ4n) is 3.46. The van der Waals surface area contributed by atoms with Crippen LogP contribution in [0.3, 0.4) is 0 Å². The smallest absolute Gasteiger partial charge is 0.0843 e. The van der Waals surface area contributed by atoms with Gasteiger partial charge in [0.15, 0.2) is 0 Å². The van der Waals surface area contributed by atoms with Gasteiger partial charge in [0, 0.05) is 34.3 Å². The molecule has 2 N–H and O–H groups in total. The van der Waals surface area contributed by atoms with Crippen molar-refractivity contribution in [2.45, 2.75) is 25.6 Å². The fourth-order valence-corrected chi connectivity index (χ4v) is 3.46. The van der Waals surface area contributed by atoms with Crippen LogP contribution in [0.4, 0.5) is 0 Å². The molecule has 0 bridgehead atoms. The van der Waals surface area contributed by atoms with Crippen LogP contribution >= 0.6 is 0 Å². The molecule has 2 aromatic carbocycles. The second-order valence-electron chi connectivity index (χ2n) is 5.95. The number of hydrogen-bond donors (Lipinski definition) is 2. The molecule has 1 saturated heterocycles. The van der Waals surface area contributed by atoms with E-state index in [1.165, 1.54) is 10.8 Å². The number of H-pyrrole nitrogens is 1. The lowest BCUT2D eigenvalue weighted by Crippen LogP contribution is -2.19. The first-order valence-corrected chi connectivity index (χ1v) is 7.54. The van der Waals surface area contributed by atoms with E-state index in [2.05, 4.69) is 29.2 Å². The number of rotatable bonds is 2. The van der Waals surface area contributed by atoms with Crippen molar-refractivity contribution in [3.05, 3.63) is 48.0 Å². The molecule has 1 aliphatic heterocycles. The van der Waals surface area contributed by atoms with E-state index in [1.807, 2.05) is 25.1 Å². The first-order valence-electron chi connectivity index (χ1n) is 7.54. The molecular weight excluding hydrogens is 262 g/mol. The summed E-state index contributed by atoms with van der Waals surface area (Å²) in [5, 5.41) is 13.1. The topological polar surface area (TPSA) is 45.2 Å². The monoisotopic (exact) mass is 281 g/mol. The average Bonchev–Trinajstić information content (AvgIpc) is 3.09. The molecule has 0 aliphatic carbocycles. The lowest BCUT2D eigenvalue weighted by atomic mass is 9.90. The maximum Gasteiger partial charge on any atom is 0.0843 e. The van der Waals surface area contributed by atoms with Crippen LogP contribution in [0.1, 0.15) is 25.0 Å². The number of aromatic nitrogens is 1. The minimum absolute atomic E-state index is 0.124. The molecule has 108 valence electrons. The normalized spacial score (nSPS) is 23.9. The summed E-state index contributed by atoms with van der Waals surface area (Å²) in [6, 6.07) is 14.5. The van der Waals surface area contributed by atoms with Crippen LogP contribution in [0.25, 0.3) is 21.8 Å². The van der Waals surface area contributed by atoms with Crippen LogP contribution in [0, 0.1) is 5.92 Å². The van der Waals surface area contributed by atoms with Gasteiger partial charge in [-0.2, -0.15) is 0 Å². The van der Waals surface area contributed by atoms with Gasteiger partial charge in [0.05, 0.1) is 12.2 Å². The number of aliphatic hydroxyl groups excluding tert-OH is 1. The largest absolute Gasteiger partial charge is 0.388 e. The van der Waals surface area contributed by atoms with Crippen molar-refractivity contribution >= 4 is 21.8 Å². The second-order valence-corrected chi connectivity index (χ2v) is 5.95. The third-order valence-electron chi connectivity index (χ3n) is 4.71. The summed E-state index contributed by atoms with van der Waals surface area (Å²) < 4.78 is 5.58. The van der Waals surface area contributed by atoms with Crippen LogP contribution in [0.5, 0.6) is 0 Å². The highest BCUT2D eigenvalue weighted by atomic mass is 16.5. The van der Waals surface area contributed by atoms with Gasteiger partial charge in [-0.05, 0) is 37.1 Å². The minimum atomic E-state index is -0.458. The molecule has 1 aliphatic rings. The molecule has 0 saturated carbocycles. The number of hydrogen-bond acceptors (Lipinski definition) is 2. The number of aliphatic hydroxyl groups is 1. The summed E-state index contributed by atoms with van der Waals surface area (Å²) >= 11 is 0. The Morgan fingerprint density at radius 3 is 2.76 bits per heavy atom. The molecule has 0 amide bonds. The zero-order chi connectivity index (χ0) is 14.4. The van der Waals surface area contributed by atoms with Crippen LogP contribution in [-0.4, -0.2) is 22.8 Å². The maximum atomic E-state index is 10.7. The van der Waals surface area contributed by atoms with E-state index < -0.39 is 6.10 Å². The molecular formula is C18H19NO2. The van der Waals surface area contributed by atoms with Gasteiger partial charge in [0.1, 0.15) is 0 Å². The van der Waals surface area contributed by atoms with Gasteiger partial charge in [-0.25, -0.2) is 0 Å². The number of aromatic amines is 1. The molecule has 2 heterocycles. The lowest BCUT2D eigenvalue weighted by Gasteiger charge is -2.21. The third-order valence-corrected chi connectivity index (χ3v) is 4.71. The number of nitrogens with one attached hydrogen (secondary N) is 1. The quantitative estimate of drug-likeness (QED) is 0.751. The molecule has 3 aromatic rings. The first kappa shape index (κ1) is 12.9. The third kappa shape index (κ3) is 2.04. The maximum absolute atomic E-state index is 10.7. The van der Waals surface area contributed by atoms with Gasteiger partial charge < -0.3 is 14.8 Å². The lowest BCUT2D eigenvalue weighted by molar-refractivity contribution is 0.0432. The van der Waals surface area contributed by atoms with Crippen LogP contribution < -0.4 is 0 Å². The number of ether oxygens (including phenoxy) is 1. The minimum Gasteiger partial charge on any atom is -0.388 e. The highest BCUT2D eigenvalue weighted by molar-refractivity contribution is 6.07. The van der Waals surface area contributed by atoms with Crippen LogP contribution in [-0.2, 0) is 4.74 Å². The Balaban J connectivity index is 1.80. The summed E-state index contributed by atoms with van der Waals surface area (Å²) in [6.07, 6.45) is 0.591. The molecule has 21 heavy (non-hydrogen) atoms.